The molecule has 0 bridgehead atoms. The van der Waals surface area contributed by atoms with Gasteiger partial charge in [0.1, 0.15) is 16.2 Å². The molecule has 0 saturated heterocycles. The third-order valence-electron chi connectivity index (χ3n) is 2.82. The maximum absolute atomic E-state index is 9.07. The van der Waals surface area contributed by atoms with E-state index in [1.807, 2.05) is 12.1 Å². The van der Waals surface area contributed by atoms with Gasteiger partial charge in [0.05, 0.1) is 5.69 Å². The second kappa shape index (κ2) is 6.91. The van der Waals surface area contributed by atoms with Crippen molar-refractivity contribution in [2.24, 2.45) is 0 Å². The molecule has 0 unspecified atom stereocenters. The van der Waals surface area contributed by atoms with Crippen LogP contribution in [0.3, 0.4) is 0 Å². The summed E-state index contributed by atoms with van der Waals surface area (Å²) in [5.74, 6) is 0. The molecule has 0 saturated carbocycles. The van der Waals surface area contributed by atoms with Crippen molar-refractivity contribution in [1.82, 2.24) is 4.98 Å². The highest BCUT2D eigenvalue weighted by atomic mass is 79.9. The number of nitrogens with one attached hydrogen (secondary N) is 1. The Hall–Kier alpha value is -1.86. The van der Waals surface area contributed by atoms with E-state index in [4.69, 9.17) is 5.26 Å². The second-order valence-corrected chi connectivity index (χ2v) is 4.90. The van der Waals surface area contributed by atoms with Crippen molar-refractivity contribution in [1.29, 1.82) is 5.26 Å². The molecule has 0 atom stereocenters. The first-order valence-corrected chi connectivity index (χ1v) is 6.93. The van der Waals surface area contributed by atoms with Gasteiger partial charge in [-0.05, 0) is 40.4 Å². The van der Waals surface area contributed by atoms with Crippen LogP contribution in [-0.4, -0.2) is 11.5 Å². The van der Waals surface area contributed by atoms with Gasteiger partial charge >= 0.3 is 0 Å². The summed E-state index contributed by atoms with van der Waals surface area (Å²) in [6.07, 6.45) is 3.74. The Morgan fingerprint density at radius 3 is 2.74 bits per heavy atom. The monoisotopic (exact) mass is 315 g/mol. The predicted octanol–water partition coefficient (Wildman–Crippen LogP) is 3.76. The molecular formula is C15H14BrN3. The average Bonchev–Trinajstić information content (AvgIpc) is 2.45. The molecule has 3 nitrogen and oxygen atoms in total. The molecule has 0 aliphatic carbocycles. The van der Waals surface area contributed by atoms with Crippen LogP contribution in [-0.2, 0) is 6.42 Å². The van der Waals surface area contributed by atoms with Crippen LogP contribution >= 0.6 is 15.9 Å². The molecule has 2 aromatic rings. The number of anilines is 1. The first-order chi connectivity index (χ1) is 9.31. The highest BCUT2D eigenvalue weighted by molar-refractivity contribution is 9.10. The van der Waals surface area contributed by atoms with Crippen molar-refractivity contribution in [2.45, 2.75) is 12.8 Å². The molecule has 4 heteroatoms. The van der Waals surface area contributed by atoms with E-state index in [1.54, 1.807) is 6.20 Å². The Kier molecular flexibility index (Phi) is 4.93. The number of rotatable bonds is 5. The SMILES string of the molecule is N#Cc1c(NCCCc2ccccc2)ccnc1Br. The molecule has 1 aromatic carbocycles. The van der Waals surface area contributed by atoms with Crippen LogP contribution in [0.4, 0.5) is 5.69 Å². The molecule has 0 fully saturated rings. The van der Waals surface area contributed by atoms with E-state index < -0.39 is 0 Å². The zero-order valence-electron chi connectivity index (χ0n) is 10.4. The topological polar surface area (TPSA) is 48.7 Å². The van der Waals surface area contributed by atoms with Crippen molar-refractivity contribution in [3.05, 3.63) is 58.3 Å². The first-order valence-electron chi connectivity index (χ1n) is 6.13. The molecule has 1 N–H and O–H groups in total. The number of halogens is 1. The summed E-state index contributed by atoms with van der Waals surface area (Å²) in [5, 5.41) is 12.4. The lowest BCUT2D eigenvalue weighted by atomic mass is 10.1. The summed E-state index contributed by atoms with van der Waals surface area (Å²) in [5.41, 5.74) is 2.72. The van der Waals surface area contributed by atoms with Gasteiger partial charge in [-0.2, -0.15) is 5.26 Å². The quantitative estimate of drug-likeness (QED) is 0.675. The molecule has 0 aliphatic heterocycles. The second-order valence-electron chi connectivity index (χ2n) is 4.15. The Morgan fingerprint density at radius 2 is 2.00 bits per heavy atom. The van der Waals surface area contributed by atoms with E-state index in [9.17, 15) is 0 Å². The van der Waals surface area contributed by atoms with Gasteiger partial charge < -0.3 is 5.32 Å². The van der Waals surface area contributed by atoms with Gasteiger partial charge in [-0.1, -0.05) is 30.3 Å². The molecule has 0 aliphatic rings. The van der Waals surface area contributed by atoms with Gasteiger partial charge in [-0.15, -0.1) is 0 Å². The Balaban J connectivity index is 1.87. The Bertz CT molecular complexity index is 576. The summed E-state index contributed by atoms with van der Waals surface area (Å²) in [6.45, 7) is 0.833. The van der Waals surface area contributed by atoms with E-state index >= 15 is 0 Å². The van der Waals surface area contributed by atoms with Crippen molar-refractivity contribution in [3.8, 4) is 6.07 Å². The van der Waals surface area contributed by atoms with Crippen LogP contribution in [0, 0.1) is 11.3 Å². The first kappa shape index (κ1) is 13.6. The summed E-state index contributed by atoms with van der Waals surface area (Å²) in [7, 11) is 0. The molecular weight excluding hydrogens is 302 g/mol. The molecule has 0 spiro atoms. The largest absolute Gasteiger partial charge is 0.384 e. The minimum atomic E-state index is 0.558. The maximum atomic E-state index is 9.07. The highest BCUT2D eigenvalue weighted by Crippen LogP contribution is 2.21. The number of benzene rings is 1. The highest BCUT2D eigenvalue weighted by Gasteiger charge is 2.06. The van der Waals surface area contributed by atoms with Gasteiger partial charge in [-0.25, -0.2) is 4.98 Å². The zero-order valence-corrected chi connectivity index (χ0v) is 12.0. The molecule has 1 aromatic heterocycles. The van der Waals surface area contributed by atoms with E-state index in [2.05, 4.69) is 56.6 Å². The lowest BCUT2D eigenvalue weighted by molar-refractivity contribution is 0.862. The van der Waals surface area contributed by atoms with Crippen molar-refractivity contribution in [2.75, 3.05) is 11.9 Å². The maximum Gasteiger partial charge on any atom is 0.125 e. The van der Waals surface area contributed by atoms with E-state index in [0.29, 0.717) is 10.2 Å². The number of nitriles is 1. The number of aromatic nitrogens is 1. The number of hydrogen-bond acceptors (Lipinski definition) is 3. The van der Waals surface area contributed by atoms with Crippen molar-refractivity contribution < 1.29 is 0 Å². The lowest BCUT2D eigenvalue weighted by Gasteiger charge is -2.08. The smallest absolute Gasteiger partial charge is 0.125 e. The van der Waals surface area contributed by atoms with Gasteiger partial charge in [-0.3, -0.25) is 0 Å². The van der Waals surface area contributed by atoms with Crippen LogP contribution in [0.1, 0.15) is 17.5 Å². The van der Waals surface area contributed by atoms with Gasteiger partial charge in [0.25, 0.3) is 0 Å². The summed E-state index contributed by atoms with van der Waals surface area (Å²) in [6, 6.07) is 14.4. The third kappa shape index (κ3) is 3.80. The zero-order chi connectivity index (χ0) is 13.5. The molecule has 19 heavy (non-hydrogen) atoms. The van der Waals surface area contributed by atoms with Crippen LogP contribution in [0.2, 0.25) is 0 Å². The molecule has 1 heterocycles. The number of nitrogens with zero attached hydrogens (tertiary/aromatic N) is 2. The Labute approximate surface area is 121 Å². The average molecular weight is 316 g/mol. The van der Waals surface area contributed by atoms with Crippen LogP contribution < -0.4 is 5.32 Å². The van der Waals surface area contributed by atoms with E-state index in [-0.39, 0.29) is 0 Å². The fourth-order valence-corrected chi connectivity index (χ4v) is 2.27. The standard InChI is InChI=1S/C15H14BrN3/c16-15-13(11-17)14(8-10-19-15)18-9-4-7-12-5-2-1-3-6-12/h1-3,5-6,8,10H,4,7,9H2,(H,18,19). The van der Waals surface area contributed by atoms with Gasteiger partial charge in [0.15, 0.2) is 0 Å². The molecule has 96 valence electrons. The minimum absolute atomic E-state index is 0.558. The van der Waals surface area contributed by atoms with Crippen molar-refractivity contribution >= 4 is 21.6 Å². The summed E-state index contributed by atoms with van der Waals surface area (Å²) in [4.78, 5) is 4.04. The van der Waals surface area contributed by atoms with Crippen LogP contribution in [0.5, 0.6) is 0 Å². The molecule has 0 radical (unpaired) electrons. The van der Waals surface area contributed by atoms with Crippen LogP contribution in [0.15, 0.2) is 47.2 Å². The number of aryl methyl sites for hydroxylation is 1. The van der Waals surface area contributed by atoms with Crippen LogP contribution in [0.25, 0.3) is 0 Å². The van der Waals surface area contributed by atoms with Gasteiger partial charge in [0, 0.05) is 12.7 Å². The van der Waals surface area contributed by atoms with E-state index in [1.165, 1.54) is 5.56 Å². The predicted molar refractivity (Wildman–Crippen MR) is 79.9 cm³/mol. The fourth-order valence-electron chi connectivity index (χ4n) is 1.85. The van der Waals surface area contributed by atoms with Crippen molar-refractivity contribution in [3.63, 3.8) is 0 Å². The summed E-state index contributed by atoms with van der Waals surface area (Å²) < 4.78 is 0.586. The number of hydrogen-bond donors (Lipinski definition) is 1. The Morgan fingerprint density at radius 1 is 1.21 bits per heavy atom. The number of pyridine rings is 1. The third-order valence-corrected chi connectivity index (χ3v) is 3.42. The normalized spacial score (nSPS) is 9.89. The molecule has 2 rings (SSSR count). The lowest BCUT2D eigenvalue weighted by Crippen LogP contribution is -2.05. The minimum Gasteiger partial charge on any atom is -0.384 e. The summed E-state index contributed by atoms with van der Waals surface area (Å²) >= 11 is 3.28. The van der Waals surface area contributed by atoms with Gasteiger partial charge in [0.2, 0.25) is 0 Å². The fraction of sp³-hybridized carbons (Fsp3) is 0.200. The van der Waals surface area contributed by atoms with E-state index in [0.717, 1.165) is 25.1 Å². The molecule has 0 amide bonds.